The SMILES string of the molecule is CS(=O)(=O)CC1(N)C2CCCCC21. The molecule has 0 aromatic carbocycles. The minimum atomic E-state index is -2.90. The number of sulfone groups is 1. The smallest absolute Gasteiger partial charge is 0.149 e. The fourth-order valence-corrected chi connectivity index (χ4v) is 4.30. The van der Waals surface area contributed by atoms with Crippen molar-refractivity contribution < 1.29 is 8.42 Å². The molecule has 2 aliphatic carbocycles. The zero-order chi connectivity index (χ0) is 9.69. The highest BCUT2D eigenvalue weighted by atomic mass is 32.2. The molecule has 2 saturated carbocycles. The van der Waals surface area contributed by atoms with Crippen molar-refractivity contribution in [2.45, 2.75) is 31.2 Å². The summed E-state index contributed by atoms with van der Waals surface area (Å²) in [7, 11) is -2.90. The van der Waals surface area contributed by atoms with Crippen molar-refractivity contribution in [3.05, 3.63) is 0 Å². The van der Waals surface area contributed by atoms with Crippen molar-refractivity contribution in [1.29, 1.82) is 0 Å². The largest absolute Gasteiger partial charge is 0.324 e. The summed E-state index contributed by atoms with van der Waals surface area (Å²) in [6.45, 7) is 0. The lowest BCUT2D eigenvalue weighted by molar-refractivity contribution is 0.480. The first-order valence-corrected chi connectivity index (χ1v) is 6.96. The fourth-order valence-electron chi connectivity index (χ4n) is 2.97. The molecule has 4 heteroatoms. The molecule has 0 aliphatic heterocycles. The van der Waals surface area contributed by atoms with Gasteiger partial charge in [-0.1, -0.05) is 12.8 Å². The molecule has 0 radical (unpaired) electrons. The van der Waals surface area contributed by atoms with Gasteiger partial charge in [0.2, 0.25) is 0 Å². The van der Waals surface area contributed by atoms with E-state index in [1.54, 1.807) is 0 Å². The summed E-state index contributed by atoms with van der Waals surface area (Å²) in [6.07, 6.45) is 6.01. The Morgan fingerprint density at radius 1 is 1.31 bits per heavy atom. The lowest BCUT2D eigenvalue weighted by Crippen LogP contribution is -2.35. The van der Waals surface area contributed by atoms with Gasteiger partial charge in [-0.25, -0.2) is 8.42 Å². The van der Waals surface area contributed by atoms with Gasteiger partial charge >= 0.3 is 0 Å². The van der Waals surface area contributed by atoms with Crippen LogP contribution in [0.5, 0.6) is 0 Å². The van der Waals surface area contributed by atoms with Crippen LogP contribution in [0.25, 0.3) is 0 Å². The van der Waals surface area contributed by atoms with E-state index in [4.69, 9.17) is 5.73 Å². The van der Waals surface area contributed by atoms with E-state index in [-0.39, 0.29) is 11.3 Å². The number of fused-ring (bicyclic) bond motifs is 1. The van der Waals surface area contributed by atoms with Crippen LogP contribution in [0.4, 0.5) is 0 Å². The highest BCUT2D eigenvalue weighted by Crippen LogP contribution is 2.57. The molecule has 2 atom stereocenters. The van der Waals surface area contributed by atoms with E-state index >= 15 is 0 Å². The lowest BCUT2D eigenvalue weighted by atomic mass is 10.0. The lowest BCUT2D eigenvalue weighted by Gasteiger charge is -2.08. The molecular formula is C9H17NO2S. The molecule has 0 saturated heterocycles. The Kier molecular flexibility index (Phi) is 1.97. The summed E-state index contributed by atoms with van der Waals surface area (Å²) >= 11 is 0. The van der Waals surface area contributed by atoms with Gasteiger partial charge in [-0.2, -0.15) is 0 Å². The van der Waals surface area contributed by atoms with Crippen molar-refractivity contribution in [2.24, 2.45) is 17.6 Å². The maximum absolute atomic E-state index is 11.2. The molecule has 0 heterocycles. The number of hydrogen-bond acceptors (Lipinski definition) is 3. The minimum Gasteiger partial charge on any atom is -0.324 e. The molecule has 2 fully saturated rings. The Morgan fingerprint density at radius 2 is 1.77 bits per heavy atom. The first-order chi connectivity index (χ1) is 5.93. The average Bonchev–Trinajstić information content (AvgIpc) is 2.55. The maximum atomic E-state index is 11.2. The molecule has 2 unspecified atom stereocenters. The number of hydrogen-bond donors (Lipinski definition) is 1. The average molecular weight is 203 g/mol. The molecule has 2 rings (SSSR count). The Balaban J connectivity index is 2.08. The molecule has 13 heavy (non-hydrogen) atoms. The molecule has 2 N–H and O–H groups in total. The van der Waals surface area contributed by atoms with Gasteiger partial charge < -0.3 is 5.73 Å². The molecule has 2 aliphatic rings. The predicted octanol–water partition coefficient (Wildman–Crippen LogP) is 0.548. The molecule has 3 nitrogen and oxygen atoms in total. The van der Waals surface area contributed by atoms with Gasteiger partial charge in [0, 0.05) is 11.8 Å². The Hall–Kier alpha value is -0.0900. The van der Waals surface area contributed by atoms with Crippen LogP contribution in [0.3, 0.4) is 0 Å². The van der Waals surface area contributed by atoms with Crippen molar-refractivity contribution in [3.8, 4) is 0 Å². The molecular weight excluding hydrogens is 186 g/mol. The number of nitrogens with two attached hydrogens (primary N) is 1. The van der Waals surface area contributed by atoms with Gasteiger partial charge in [-0.15, -0.1) is 0 Å². The zero-order valence-corrected chi connectivity index (χ0v) is 8.81. The summed E-state index contributed by atoms with van der Waals surface area (Å²) in [5.74, 6) is 1.18. The van der Waals surface area contributed by atoms with Crippen molar-refractivity contribution in [2.75, 3.05) is 12.0 Å². The standard InChI is InChI=1S/C9H17NO2S/c1-13(11,12)6-9(10)7-4-2-3-5-8(7)9/h7-8H,2-6,10H2,1H3. The third kappa shape index (κ3) is 1.62. The van der Waals surface area contributed by atoms with Crippen molar-refractivity contribution >= 4 is 9.84 Å². The van der Waals surface area contributed by atoms with Gasteiger partial charge in [0.25, 0.3) is 0 Å². The zero-order valence-electron chi connectivity index (χ0n) is 7.99. The van der Waals surface area contributed by atoms with Gasteiger partial charge in [0.15, 0.2) is 0 Å². The Labute approximate surface area is 79.6 Å². The molecule has 0 amide bonds. The predicted molar refractivity (Wildman–Crippen MR) is 52.1 cm³/mol. The van der Waals surface area contributed by atoms with Crippen LogP contribution >= 0.6 is 0 Å². The summed E-state index contributed by atoms with van der Waals surface area (Å²) in [4.78, 5) is 0. The van der Waals surface area contributed by atoms with Crippen LogP contribution in [-0.4, -0.2) is 26.0 Å². The van der Waals surface area contributed by atoms with Gasteiger partial charge in [0.05, 0.1) is 5.75 Å². The van der Waals surface area contributed by atoms with Crippen LogP contribution in [0.15, 0.2) is 0 Å². The van der Waals surface area contributed by atoms with E-state index in [0.717, 1.165) is 12.8 Å². The van der Waals surface area contributed by atoms with Crippen LogP contribution in [0.1, 0.15) is 25.7 Å². The fraction of sp³-hybridized carbons (Fsp3) is 1.00. The molecule has 76 valence electrons. The van der Waals surface area contributed by atoms with Crippen molar-refractivity contribution in [3.63, 3.8) is 0 Å². The van der Waals surface area contributed by atoms with Crippen LogP contribution in [0.2, 0.25) is 0 Å². The second kappa shape index (κ2) is 2.70. The van der Waals surface area contributed by atoms with E-state index in [1.165, 1.54) is 19.1 Å². The topological polar surface area (TPSA) is 60.2 Å². The summed E-state index contributed by atoms with van der Waals surface area (Å²) < 4.78 is 22.3. The molecule has 0 bridgehead atoms. The maximum Gasteiger partial charge on any atom is 0.149 e. The van der Waals surface area contributed by atoms with E-state index in [0.29, 0.717) is 11.8 Å². The molecule has 0 aromatic rings. The minimum absolute atomic E-state index is 0.190. The monoisotopic (exact) mass is 203 g/mol. The Morgan fingerprint density at radius 3 is 2.15 bits per heavy atom. The third-order valence-electron chi connectivity index (χ3n) is 3.55. The third-order valence-corrected chi connectivity index (χ3v) is 4.57. The van der Waals surface area contributed by atoms with Gasteiger partial charge in [0.1, 0.15) is 9.84 Å². The highest BCUT2D eigenvalue weighted by Gasteiger charge is 2.62. The Bertz CT molecular complexity index is 298. The van der Waals surface area contributed by atoms with E-state index in [2.05, 4.69) is 0 Å². The van der Waals surface area contributed by atoms with E-state index in [9.17, 15) is 8.42 Å². The second-order valence-corrected chi connectivity index (χ2v) is 6.82. The van der Waals surface area contributed by atoms with Gasteiger partial charge in [-0.3, -0.25) is 0 Å². The normalized spacial score (nSPS) is 44.2. The second-order valence-electron chi connectivity index (χ2n) is 4.68. The van der Waals surface area contributed by atoms with E-state index < -0.39 is 9.84 Å². The quantitative estimate of drug-likeness (QED) is 0.713. The summed E-state index contributed by atoms with van der Waals surface area (Å²) in [5.41, 5.74) is 5.75. The van der Waals surface area contributed by atoms with Crippen LogP contribution < -0.4 is 5.73 Å². The highest BCUT2D eigenvalue weighted by molar-refractivity contribution is 7.90. The van der Waals surface area contributed by atoms with Gasteiger partial charge in [-0.05, 0) is 24.7 Å². The van der Waals surface area contributed by atoms with Crippen LogP contribution in [-0.2, 0) is 9.84 Å². The molecule has 0 spiro atoms. The number of rotatable bonds is 2. The first-order valence-electron chi connectivity index (χ1n) is 4.90. The summed E-state index contributed by atoms with van der Waals surface area (Å²) in [5, 5.41) is 0. The van der Waals surface area contributed by atoms with E-state index in [1.807, 2.05) is 0 Å². The first kappa shape index (κ1) is 9.46. The van der Waals surface area contributed by atoms with Crippen LogP contribution in [0, 0.1) is 11.8 Å². The van der Waals surface area contributed by atoms with Crippen molar-refractivity contribution in [1.82, 2.24) is 0 Å². The molecule has 0 aromatic heterocycles. The summed E-state index contributed by atoms with van der Waals surface area (Å²) in [6, 6.07) is 0.